The molecule has 7 nitrogen and oxygen atoms in total. The zero-order valence-electron chi connectivity index (χ0n) is 19.1. The van der Waals surface area contributed by atoms with E-state index in [1.807, 2.05) is 38.1 Å². The molecule has 2 amide bonds. The Morgan fingerprint density at radius 3 is 2.15 bits per heavy atom. The highest BCUT2D eigenvalue weighted by atomic mass is 16.5. The summed E-state index contributed by atoms with van der Waals surface area (Å²) in [7, 11) is 0. The third kappa shape index (κ3) is 6.00. The minimum absolute atomic E-state index is 0.0169. The van der Waals surface area contributed by atoms with Crippen LogP contribution in [-0.4, -0.2) is 42.3 Å². The lowest BCUT2D eigenvalue weighted by atomic mass is 9.98. The van der Waals surface area contributed by atoms with Crippen LogP contribution in [0.5, 0.6) is 0 Å². The van der Waals surface area contributed by atoms with Gasteiger partial charge in [-0.1, -0.05) is 68.5 Å². The maximum absolute atomic E-state index is 12.3. The van der Waals surface area contributed by atoms with E-state index >= 15 is 0 Å². The summed E-state index contributed by atoms with van der Waals surface area (Å²) in [5.74, 6) is -1.36. The molecule has 0 saturated heterocycles. The van der Waals surface area contributed by atoms with Crippen LogP contribution in [0.1, 0.15) is 44.2 Å². The lowest BCUT2D eigenvalue weighted by molar-refractivity contribution is -0.138. The molecule has 2 aromatic rings. The molecule has 174 valence electrons. The van der Waals surface area contributed by atoms with Gasteiger partial charge < -0.3 is 20.5 Å². The Labute approximate surface area is 193 Å². The SMILES string of the molecule is C/C(=C\CNC(=O)OCC1c2ccccc2-c2ccccc21)C(=O)N[C@H](CC(=O)O)C(C)C. The first-order valence-electron chi connectivity index (χ1n) is 11.1. The molecule has 0 unspecified atom stereocenters. The fourth-order valence-electron chi connectivity index (χ4n) is 3.95. The van der Waals surface area contributed by atoms with Gasteiger partial charge in [-0.25, -0.2) is 4.79 Å². The van der Waals surface area contributed by atoms with Gasteiger partial charge >= 0.3 is 12.1 Å². The number of carboxylic acid groups (broad SMARTS) is 1. The second-order valence-electron chi connectivity index (χ2n) is 8.52. The van der Waals surface area contributed by atoms with E-state index in [0.717, 1.165) is 22.3 Å². The number of rotatable bonds is 9. The van der Waals surface area contributed by atoms with Crippen molar-refractivity contribution in [2.75, 3.05) is 13.2 Å². The number of carbonyl (C=O) groups excluding carboxylic acids is 2. The van der Waals surface area contributed by atoms with Crippen molar-refractivity contribution in [1.29, 1.82) is 0 Å². The van der Waals surface area contributed by atoms with Gasteiger partial charge in [0, 0.05) is 24.1 Å². The van der Waals surface area contributed by atoms with E-state index in [1.165, 1.54) is 0 Å². The molecule has 0 aliphatic heterocycles. The van der Waals surface area contributed by atoms with Gasteiger partial charge in [-0.3, -0.25) is 9.59 Å². The highest BCUT2D eigenvalue weighted by molar-refractivity contribution is 5.93. The van der Waals surface area contributed by atoms with Gasteiger partial charge in [0.15, 0.2) is 0 Å². The van der Waals surface area contributed by atoms with Crippen LogP contribution in [0.4, 0.5) is 4.79 Å². The van der Waals surface area contributed by atoms with Gasteiger partial charge in [-0.15, -0.1) is 0 Å². The van der Waals surface area contributed by atoms with E-state index in [2.05, 4.69) is 34.9 Å². The summed E-state index contributed by atoms with van der Waals surface area (Å²) >= 11 is 0. The lowest BCUT2D eigenvalue weighted by Crippen LogP contribution is -2.40. The number of alkyl carbamates (subject to hydrolysis) is 1. The molecule has 0 spiro atoms. The van der Waals surface area contributed by atoms with Gasteiger partial charge in [-0.2, -0.15) is 0 Å². The Kier molecular flexibility index (Phi) is 7.87. The molecular weight excluding hydrogens is 420 g/mol. The minimum atomic E-state index is -0.965. The molecule has 1 aliphatic carbocycles. The van der Waals surface area contributed by atoms with Crippen molar-refractivity contribution in [1.82, 2.24) is 10.6 Å². The number of carbonyl (C=O) groups is 3. The zero-order valence-corrected chi connectivity index (χ0v) is 19.1. The molecule has 0 heterocycles. The first-order chi connectivity index (χ1) is 15.8. The molecule has 0 bridgehead atoms. The predicted molar refractivity (Wildman–Crippen MR) is 126 cm³/mol. The molecule has 1 atom stereocenters. The highest BCUT2D eigenvalue weighted by Crippen LogP contribution is 2.44. The molecule has 3 rings (SSSR count). The number of benzene rings is 2. The van der Waals surface area contributed by atoms with E-state index in [4.69, 9.17) is 9.84 Å². The van der Waals surface area contributed by atoms with E-state index in [-0.39, 0.29) is 37.3 Å². The summed E-state index contributed by atoms with van der Waals surface area (Å²) < 4.78 is 5.48. The summed E-state index contributed by atoms with van der Waals surface area (Å²) in [5.41, 5.74) is 4.99. The van der Waals surface area contributed by atoms with Crippen molar-refractivity contribution in [3.05, 3.63) is 71.3 Å². The van der Waals surface area contributed by atoms with Crippen molar-refractivity contribution in [2.45, 2.75) is 39.2 Å². The van der Waals surface area contributed by atoms with Crippen LogP contribution >= 0.6 is 0 Å². The molecule has 0 fully saturated rings. The van der Waals surface area contributed by atoms with Crippen LogP contribution in [0.25, 0.3) is 11.1 Å². The van der Waals surface area contributed by atoms with Gasteiger partial charge in [-0.05, 0) is 35.1 Å². The van der Waals surface area contributed by atoms with E-state index in [0.29, 0.717) is 5.57 Å². The average Bonchev–Trinajstić information content (AvgIpc) is 3.10. The van der Waals surface area contributed by atoms with Crippen LogP contribution in [0.2, 0.25) is 0 Å². The molecule has 0 saturated carbocycles. The third-order valence-corrected chi connectivity index (χ3v) is 5.87. The quantitative estimate of drug-likeness (QED) is 0.499. The normalized spacial score (nSPS) is 13.8. The molecule has 2 aromatic carbocycles. The number of hydrogen-bond acceptors (Lipinski definition) is 4. The Balaban J connectivity index is 1.51. The van der Waals surface area contributed by atoms with Crippen LogP contribution in [0.15, 0.2) is 60.2 Å². The predicted octanol–water partition coefficient (Wildman–Crippen LogP) is 4.09. The highest BCUT2D eigenvalue weighted by Gasteiger charge is 2.29. The molecule has 3 N–H and O–H groups in total. The maximum atomic E-state index is 12.3. The summed E-state index contributed by atoms with van der Waals surface area (Å²) in [5, 5.41) is 14.4. The van der Waals surface area contributed by atoms with E-state index in [1.54, 1.807) is 13.0 Å². The number of aliphatic carboxylic acids is 1. The lowest BCUT2D eigenvalue weighted by Gasteiger charge is -2.20. The average molecular weight is 451 g/mol. The van der Waals surface area contributed by atoms with Crippen LogP contribution in [0.3, 0.4) is 0 Å². The van der Waals surface area contributed by atoms with Crippen molar-refractivity contribution in [3.63, 3.8) is 0 Å². The Bertz CT molecular complexity index is 1010. The first-order valence-corrected chi connectivity index (χ1v) is 11.1. The number of nitrogens with one attached hydrogen (secondary N) is 2. The summed E-state index contributed by atoms with van der Waals surface area (Å²) in [6, 6.07) is 15.8. The smallest absolute Gasteiger partial charge is 0.407 e. The van der Waals surface area contributed by atoms with Crippen molar-refractivity contribution < 1.29 is 24.2 Å². The van der Waals surface area contributed by atoms with Gasteiger partial charge in [0.2, 0.25) is 5.91 Å². The molecular formula is C26H30N2O5. The monoisotopic (exact) mass is 450 g/mol. The number of amides is 2. The second-order valence-corrected chi connectivity index (χ2v) is 8.52. The molecule has 33 heavy (non-hydrogen) atoms. The maximum Gasteiger partial charge on any atom is 0.407 e. The Hall–Kier alpha value is -3.61. The Morgan fingerprint density at radius 1 is 1.03 bits per heavy atom. The largest absolute Gasteiger partial charge is 0.481 e. The molecule has 0 radical (unpaired) electrons. The van der Waals surface area contributed by atoms with E-state index < -0.39 is 18.1 Å². The van der Waals surface area contributed by atoms with Crippen LogP contribution < -0.4 is 10.6 Å². The van der Waals surface area contributed by atoms with Crippen LogP contribution in [0, 0.1) is 5.92 Å². The second kappa shape index (κ2) is 10.8. The first kappa shape index (κ1) is 24.0. The number of ether oxygens (including phenoxy) is 1. The zero-order chi connectivity index (χ0) is 24.0. The summed E-state index contributed by atoms with van der Waals surface area (Å²) in [4.78, 5) is 35.5. The fourth-order valence-corrected chi connectivity index (χ4v) is 3.95. The van der Waals surface area contributed by atoms with Crippen molar-refractivity contribution in [3.8, 4) is 11.1 Å². The van der Waals surface area contributed by atoms with E-state index in [9.17, 15) is 14.4 Å². The van der Waals surface area contributed by atoms with Crippen molar-refractivity contribution >= 4 is 18.0 Å². The third-order valence-electron chi connectivity index (χ3n) is 5.87. The summed E-state index contributed by atoms with van der Waals surface area (Å²) in [6.45, 7) is 5.67. The molecule has 0 aromatic heterocycles. The van der Waals surface area contributed by atoms with Crippen LogP contribution in [-0.2, 0) is 14.3 Å². The number of fused-ring (bicyclic) bond motifs is 3. The van der Waals surface area contributed by atoms with Gasteiger partial charge in [0.25, 0.3) is 0 Å². The molecule has 1 aliphatic rings. The fraction of sp³-hybridized carbons (Fsp3) is 0.346. The minimum Gasteiger partial charge on any atom is -0.481 e. The molecule has 7 heteroatoms. The van der Waals surface area contributed by atoms with Gasteiger partial charge in [0.05, 0.1) is 6.42 Å². The standard InChI is InChI=1S/C26H30N2O5/c1-16(2)23(14-24(29)30)28-25(31)17(3)12-13-27-26(32)33-15-22-20-10-6-4-8-18(20)19-9-5-7-11-21(19)22/h4-12,16,22-23H,13-15H2,1-3H3,(H,27,32)(H,28,31)(H,29,30)/b17-12+/t23-/m1/s1. The summed E-state index contributed by atoms with van der Waals surface area (Å²) in [6.07, 6.45) is 0.871. The Morgan fingerprint density at radius 2 is 1.61 bits per heavy atom. The van der Waals surface area contributed by atoms with Crippen molar-refractivity contribution in [2.24, 2.45) is 5.92 Å². The van der Waals surface area contributed by atoms with Gasteiger partial charge in [0.1, 0.15) is 6.61 Å². The number of carboxylic acids is 1. The number of hydrogen-bond donors (Lipinski definition) is 3. The topological polar surface area (TPSA) is 105 Å².